The lowest BCUT2D eigenvalue weighted by Gasteiger charge is -2.12. The monoisotopic (exact) mass is 337 g/mol. The summed E-state index contributed by atoms with van der Waals surface area (Å²) in [6, 6.07) is 1.93. The van der Waals surface area contributed by atoms with Gasteiger partial charge in [0.25, 0.3) is 5.56 Å². The standard InChI is InChI=1S/C15H19N3O2S2/c1-4-7-18-14(20)11-6-8-21-13(11)17-15(18)22-9-12(19)16-10(3)5-2/h4,6,8,10H,1,5,7,9H2,2-3H3,(H,16,19). The SMILES string of the molecule is C=CCn1c(SCC(=O)NC(C)CC)nc2sccc2c1=O. The highest BCUT2D eigenvalue weighted by Gasteiger charge is 2.13. The largest absolute Gasteiger partial charge is 0.353 e. The van der Waals surface area contributed by atoms with E-state index in [-0.39, 0.29) is 23.3 Å². The molecule has 1 unspecified atom stereocenters. The van der Waals surface area contributed by atoms with Gasteiger partial charge in [-0.2, -0.15) is 0 Å². The van der Waals surface area contributed by atoms with Gasteiger partial charge in [-0.05, 0) is 24.8 Å². The molecule has 118 valence electrons. The molecule has 0 aliphatic heterocycles. The maximum absolute atomic E-state index is 12.4. The van der Waals surface area contributed by atoms with Crippen LogP contribution in [0.15, 0.2) is 34.1 Å². The highest BCUT2D eigenvalue weighted by Crippen LogP contribution is 2.21. The molecule has 7 heteroatoms. The first-order valence-corrected chi connectivity index (χ1v) is 8.94. The van der Waals surface area contributed by atoms with Crippen LogP contribution in [0.4, 0.5) is 0 Å². The normalized spacial score (nSPS) is 12.3. The van der Waals surface area contributed by atoms with Gasteiger partial charge in [0.2, 0.25) is 5.91 Å². The van der Waals surface area contributed by atoms with Gasteiger partial charge >= 0.3 is 0 Å². The summed E-state index contributed by atoms with van der Waals surface area (Å²) in [5, 5.41) is 5.92. The fourth-order valence-corrected chi connectivity index (χ4v) is 3.50. The summed E-state index contributed by atoms with van der Waals surface area (Å²) < 4.78 is 1.56. The molecule has 0 aliphatic carbocycles. The van der Waals surface area contributed by atoms with Crippen molar-refractivity contribution in [3.05, 3.63) is 34.5 Å². The van der Waals surface area contributed by atoms with E-state index >= 15 is 0 Å². The van der Waals surface area contributed by atoms with Crippen molar-refractivity contribution in [3.8, 4) is 0 Å². The Balaban J connectivity index is 2.22. The Morgan fingerprint density at radius 2 is 2.41 bits per heavy atom. The lowest BCUT2D eigenvalue weighted by Crippen LogP contribution is -2.33. The minimum atomic E-state index is -0.0871. The molecule has 0 saturated heterocycles. The zero-order valence-corrected chi connectivity index (χ0v) is 14.3. The number of carbonyl (C=O) groups excluding carboxylic acids is 1. The summed E-state index contributed by atoms with van der Waals surface area (Å²) >= 11 is 2.71. The van der Waals surface area contributed by atoms with Gasteiger partial charge < -0.3 is 5.32 Å². The van der Waals surface area contributed by atoms with Crippen LogP contribution in [0.2, 0.25) is 0 Å². The van der Waals surface area contributed by atoms with E-state index in [1.54, 1.807) is 16.7 Å². The third-order valence-corrected chi connectivity index (χ3v) is 5.00. The molecule has 2 rings (SSSR count). The fraction of sp³-hybridized carbons (Fsp3) is 0.400. The average molecular weight is 337 g/mol. The summed E-state index contributed by atoms with van der Waals surface area (Å²) in [4.78, 5) is 29.5. The van der Waals surface area contributed by atoms with Gasteiger partial charge in [0.1, 0.15) is 4.83 Å². The van der Waals surface area contributed by atoms with Crippen LogP contribution in [0.3, 0.4) is 0 Å². The Morgan fingerprint density at radius 1 is 1.64 bits per heavy atom. The predicted octanol–water partition coefficient (Wildman–Crippen LogP) is 2.65. The predicted molar refractivity (Wildman–Crippen MR) is 92.7 cm³/mol. The quantitative estimate of drug-likeness (QED) is 0.479. The third-order valence-electron chi connectivity index (χ3n) is 3.21. The second-order valence-corrected chi connectivity index (χ2v) is 6.74. The van der Waals surface area contributed by atoms with E-state index in [1.807, 2.05) is 19.2 Å². The Hall–Kier alpha value is -1.60. The van der Waals surface area contributed by atoms with E-state index in [9.17, 15) is 9.59 Å². The van der Waals surface area contributed by atoms with Crippen LogP contribution in [0, 0.1) is 0 Å². The van der Waals surface area contributed by atoms with Gasteiger partial charge in [-0.25, -0.2) is 4.98 Å². The van der Waals surface area contributed by atoms with Gasteiger partial charge in [-0.15, -0.1) is 17.9 Å². The van der Waals surface area contributed by atoms with Crippen molar-refractivity contribution in [2.75, 3.05) is 5.75 Å². The smallest absolute Gasteiger partial charge is 0.263 e. The van der Waals surface area contributed by atoms with E-state index in [0.717, 1.165) is 6.42 Å². The average Bonchev–Trinajstić information content (AvgIpc) is 2.97. The van der Waals surface area contributed by atoms with E-state index in [4.69, 9.17) is 0 Å². The van der Waals surface area contributed by atoms with Gasteiger partial charge in [0.05, 0.1) is 11.1 Å². The van der Waals surface area contributed by atoms with Gasteiger partial charge in [-0.3, -0.25) is 14.2 Å². The van der Waals surface area contributed by atoms with Gasteiger partial charge in [0.15, 0.2) is 5.16 Å². The first-order chi connectivity index (χ1) is 10.6. The van der Waals surface area contributed by atoms with E-state index < -0.39 is 0 Å². The number of amides is 1. The zero-order chi connectivity index (χ0) is 16.1. The van der Waals surface area contributed by atoms with Crippen molar-refractivity contribution in [3.63, 3.8) is 0 Å². The molecule has 2 heterocycles. The number of rotatable bonds is 7. The Morgan fingerprint density at radius 3 is 3.09 bits per heavy atom. The number of hydrogen-bond donors (Lipinski definition) is 1. The van der Waals surface area contributed by atoms with Crippen LogP contribution in [0.1, 0.15) is 20.3 Å². The number of nitrogens with one attached hydrogen (secondary N) is 1. The number of allylic oxidation sites excluding steroid dienone is 1. The number of aromatic nitrogens is 2. The summed E-state index contributed by atoms with van der Waals surface area (Å²) in [6.45, 7) is 8.04. The minimum Gasteiger partial charge on any atom is -0.353 e. The molecule has 0 bridgehead atoms. The highest BCUT2D eigenvalue weighted by molar-refractivity contribution is 7.99. The third kappa shape index (κ3) is 3.78. The molecule has 1 amide bonds. The second-order valence-electron chi connectivity index (χ2n) is 4.90. The maximum atomic E-state index is 12.4. The van der Waals surface area contributed by atoms with Crippen LogP contribution in [0.5, 0.6) is 0 Å². The molecule has 1 N–H and O–H groups in total. The number of fused-ring (bicyclic) bond motifs is 1. The summed E-state index contributed by atoms with van der Waals surface area (Å²) in [5.74, 6) is 0.190. The van der Waals surface area contributed by atoms with Crippen molar-refractivity contribution in [2.45, 2.75) is 38.0 Å². The van der Waals surface area contributed by atoms with Crippen LogP contribution in [-0.2, 0) is 11.3 Å². The number of hydrogen-bond acceptors (Lipinski definition) is 5. The van der Waals surface area contributed by atoms with Gasteiger partial charge in [0, 0.05) is 12.6 Å². The fourth-order valence-electron chi connectivity index (χ4n) is 1.88. The number of carbonyl (C=O) groups is 1. The molecule has 0 aliphatic rings. The summed E-state index contributed by atoms with van der Waals surface area (Å²) in [6.07, 6.45) is 2.54. The molecular formula is C15H19N3O2S2. The molecule has 22 heavy (non-hydrogen) atoms. The van der Waals surface area contributed by atoms with Crippen molar-refractivity contribution in [2.24, 2.45) is 0 Å². The number of thioether (sulfide) groups is 1. The molecule has 2 aromatic rings. The van der Waals surface area contributed by atoms with Crippen LogP contribution < -0.4 is 10.9 Å². The molecule has 0 saturated carbocycles. The maximum Gasteiger partial charge on any atom is 0.263 e. The Labute approximate surface area is 137 Å². The van der Waals surface area contributed by atoms with Crippen molar-refractivity contribution >= 4 is 39.2 Å². The molecule has 2 aromatic heterocycles. The molecule has 0 radical (unpaired) electrons. The molecular weight excluding hydrogens is 318 g/mol. The summed E-state index contributed by atoms with van der Waals surface area (Å²) in [5.41, 5.74) is -0.0871. The summed E-state index contributed by atoms with van der Waals surface area (Å²) in [7, 11) is 0. The zero-order valence-electron chi connectivity index (χ0n) is 12.7. The topological polar surface area (TPSA) is 64.0 Å². The van der Waals surface area contributed by atoms with E-state index in [2.05, 4.69) is 16.9 Å². The van der Waals surface area contributed by atoms with Crippen molar-refractivity contribution < 1.29 is 4.79 Å². The van der Waals surface area contributed by atoms with Crippen LogP contribution in [-0.4, -0.2) is 27.3 Å². The lowest BCUT2D eigenvalue weighted by atomic mass is 10.3. The molecule has 0 fully saturated rings. The molecule has 0 spiro atoms. The van der Waals surface area contributed by atoms with Crippen molar-refractivity contribution in [1.29, 1.82) is 0 Å². The molecule has 5 nitrogen and oxygen atoms in total. The second kappa shape index (κ2) is 7.60. The van der Waals surface area contributed by atoms with Crippen molar-refractivity contribution in [1.82, 2.24) is 14.9 Å². The van der Waals surface area contributed by atoms with E-state index in [0.29, 0.717) is 21.9 Å². The van der Waals surface area contributed by atoms with Gasteiger partial charge in [-0.1, -0.05) is 24.8 Å². The Kier molecular flexibility index (Phi) is 5.79. The number of nitrogens with zero attached hydrogens (tertiary/aromatic N) is 2. The van der Waals surface area contributed by atoms with Crippen LogP contribution in [0.25, 0.3) is 10.2 Å². The first-order valence-electron chi connectivity index (χ1n) is 7.07. The minimum absolute atomic E-state index is 0.0509. The Bertz CT molecular complexity index is 736. The highest BCUT2D eigenvalue weighted by atomic mass is 32.2. The first kappa shape index (κ1) is 16.8. The number of thiophene rings is 1. The molecule has 1 atom stereocenters. The molecule has 0 aromatic carbocycles. The van der Waals surface area contributed by atoms with E-state index in [1.165, 1.54) is 23.1 Å². The van der Waals surface area contributed by atoms with Crippen LogP contribution >= 0.6 is 23.1 Å². The lowest BCUT2D eigenvalue weighted by molar-refractivity contribution is -0.119.